The molecule has 6 nitrogen and oxygen atoms in total. The van der Waals surface area contributed by atoms with Crippen molar-refractivity contribution in [2.45, 2.75) is 45.9 Å². The molecule has 198 valence electrons. The summed E-state index contributed by atoms with van der Waals surface area (Å²) in [6.45, 7) is 6.75. The normalized spacial score (nSPS) is 16.9. The van der Waals surface area contributed by atoms with Gasteiger partial charge in [-0.3, -0.25) is 9.59 Å². The Morgan fingerprint density at radius 2 is 1.74 bits per heavy atom. The number of Topliss-reactive ketones (excluding diaryl/α,β-unsaturated/α-hetero) is 1. The largest absolute Gasteiger partial charge is 0.507 e. The van der Waals surface area contributed by atoms with Crippen molar-refractivity contribution in [3.05, 3.63) is 106 Å². The second kappa shape index (κ2) is 12.0. The number of benzene rings is 3. The quantitative estimate of drug-likeness (QED) is 0.156. The molecule has 0 bridgehead atoms. The van der Waals surface area contributed by atoms with Gasteiger partial charge in [0.25, 0.3) is 11.7 Å². The van der Waals surface area contributed by atoms with Gasteiger partial charge in [0.2, 0.25) is 0 Å². The van der Waals surface area contributed by atoms with Crippen LogP contribution < -0.4 is 4.74 Å². The number of aliphatic hydroxyl groups is 1. The zero-order valence-corrected chi connectivity index (χ0v) is 21.8. The Hall–Kier alpha value is -3.97. The number of aryl methyl sites for hydroxylation is 1. The van der Waals surface area contributed by atoms with Crippen LogP contribution in [0.2, 0.25) is 0 Å². The average molecular weight is 518 g/mol. The molecule has 1 aliphatic rings. The minimum Gasteiger partial charge on any atom is -0.507 e. The van der Waals surface area contributed by atoms with Crippen molar-refractivity contribution in [2.24, 2.45) is 0 Å². The van der Waals surface area contributed by atoms with Gasteiger partial charge in [-0.15, -0.1) is 0 Å². The van der Waals surface area contributed by atoms with Crippen molar-refractivity contribution in [1.82, 2.24) is 4.90 Å². The molecule has 3 aromatic carbocycles. The van der Waals surface area contributed by atoms with Crippen LogP contribution in [0.25, 0.3) is 5.76 Å². The van der Waals surface area contributed by atoms with Crippen LogP contribution in [0, 0.1) is 12.7 Å². The highest BCUT2D eigenvalue weighted by Gasteiger charge is 2.45. The second-order valence-electron chi connectivity index (χ2n) is 9.57. The van der Waals surface area contributed by atoms with Crippen LogP contribution >= 0.6 is 0 Å². The third-order valence-corrected chi connectivity index (χ3v) is 6.41. The summed E-state index contributed by atoms with van der Waals surface area (Å²) in [4.78, 5) is 27.7. The first-order chi connectivity index (χ1) is 18.3. The number of aliphatic hydroxyl groups excluding tert-OH is 1. The zero-order valence-electron chi connectivity index (χ0n) is 21.8. The third-order valence-electron chi connectivity index (χ3n) is 6.41. The van der Waals surface area contributed by atoms with Crippen molar-refractivity contribution in [3.8, 4) is 5.75 Å². The van der Waals surface area contributed by atoms with E-state index in [1.54, 1.807) is 18.2 Å². The molecule has 1 N–H and O–H groups in total. The Bertz CT molecular complexity index is 1320. The van der Waals surface area contributed by atoms with Gasteiger partial charge in [-0.1, -0.05) is 42.5 Å². The van der Waals surface area contributed by atoms with Gasteiger partial charge in [-0.05, 0) is 74.2 Å². The maximum atomic E-state index is 13.7. The molecule has 1 saturated heterocycles. The number of nitrogens with zero attached hydrogens (tertiary/aromatic N) is 1. The lowest BCUT2D eigenvalue weighted by atomic mass is 9.94. The summed E-state index contributed by atoms with van der Waals surface area (Å²) in [5.74, 6) is -1.55. The highest BCUT2D eigenvalue weighted by atomic mass is 19.1. The molecular weight excluding hydrogens is 485 g/mol. The fourth-order valence-electron chi connectivity index (χ4n) is 4.51. The van der Waals surface area contributed by atoms with Gasteiger partial charge in [-0.25, -0.2) is 4.39 Å². The summed E-state index contributed by atoms with van der Waals surface area (Å²) in [6, 6.07) is 19.7. The fourth-order valence-corrected chi connectivity index (χ4v) is 4.51. The molecule has 4 rings (SSSR count). The van der Waals surface area contributed by atoms with Gasteiger partial charge in [0.1, 0.15) is 23.9 Å². The van der Waals surface area contributed by atoms with E-state index in [9.17, 15) is 19.1 Å². The molecule has 0 aliphatic carbocycles. The van der Waals surface area contributed by atoms with Crippen LogP contribution in [-0.4, -0.2) is 41.0 Å². The first-order valence-corrected chi connectivity index (χ1v) is 12.7. The highest BCUT2D eigenvalue weighted by Crippen LogP contribution is 2.40. The zero-order chi connectivity index (χ0) is 27.2. The van der Waals surface area contributed by atoms with Crippen LogP contribution in [0.3, 0.4) is 0 Å². The van der Waals surface area contributed by atoms with Gasteiger partial charge in [0.15, 0.2) is 0 Å². The molecule has 1 fully saturated rings. The number of carbonyl (C=O) groups excluding carboxylic acids is 2. The summed E-state index contributed by atoms with van der Waals surface area (Å²) < 4.78 is 25.2. The maximum absolute atomic E-state index is 13.7. The molecule has 1 unspecified atom stereocenters. The van der Waals surface area contributed by atoms with E-state index in [4.69, 9.17) is 9.47 Å². The molecule has 0 saturated carbocycles. The van der Waals surface area contributed by atoms with E-state index >= 15 is 0 Å². The summed E-state index contributed by atoms with van der Waals surface area (Å²) in [5, 5.41) is 11.3. The Morgan fingerprint density at radius 3 is 2.39 bits per heavy atom. The predicted octanol–water partition coefficient (Wildman–Crippen LogP) is 5.95. The summed E-state index contributed by atoms with van der Waals surface area (Å²) in [7, 11) is 0. The molecule has 38 heavy (non-hydrogen) atoms. The first-order valence-electron chi connectivity index (χ1n) is 12.7. The monoisotopic (exact) mass is 517 g/mol. The highest BCUT2D eigenvalue weighted by molar-refractivity contribution is 6.46. The summed E-state index contributed by atoms with van der Waals surface area (Å²) in [5.41, 5.74) is 2.70. The molecule has 7 heteroatoms. The van der Waals surface area contributed by atoms with Gasteiger partial charge in [0, 0.05) is 18.7 Å². The Kier molecular flexibility index (Phi) is 8.59. The average Bonchev–Trinajstić information content (AvgIpc) is 3.16. The minimum atomic E-state index is -0.844. The number of likely N-dealkylation sites (tertiary alicyclic amines) is 1. The number of ketones is 1. The number of ether oxygens (including phenoxy) is 2. The van der Waals surface area contributed by atoms with E-state index < -0.39 is 23.5 Å². The smallest absolute Gasteiger partial charge is 0.295 e. The van der Waals surface area contributed by atoms with Gasteiger partial charge < -0.3 is 19.5 Å². The van der Waals surface area contributed by atoms with Crippen LogP contribution in [0.1, 0.15) is 48.6 Å². The van der Waals surface area contributed by atoms with Gasteiger partial charge >= 0.3 is 0 Å². The van der Waals surface area contributed by atoms with Crippen LogP contribution in [0.4, 0.5) is 4.39 Å². The van der Waals surface area contributed by atoms with Crippen LogP contribution in [0.5, 0.6) is 5.75 Å². The van der Waals surface area contributed by atoms with E-state index in [1.165, 1.54) is 29.2 Å². The summed E-state index contributed by atoms with van der Waals surface area (Å²) >= 11 is 0. The van der Waals surface area contributed by atoms with Crippen LogP contribution in [-0.2, 0) is 20.9 Å². The first kappa shape index (κ1) is 27.1. The lowest BCUT2D eigenvalue weighted by Crippen LogP contribution is -2.31. The minimum absolute atomic E-state index is 0.0243. The molecule has 1 amide bonds. The Morgan fingerprint density at radius 1 is 1.03 bits per heavy atom. The summed E-state index contributed by atoms with van der Waals surface area (Å²) in [6.07, 6.45) is 0.552. The van der Waals surface area contributed by atoms with Crippen molar-refractivity contribution in [2.75, 3.05) is 13.2 Å². The number of amides is 1. The van der Waals surface area contributed by atoms with E-state index in [1.807, 2.05) is 51.1 Å². The van der Waals surface area contributed by atoms with E-state index in [0.717, 1.165) is 11.1 Å². The number of carbonyl (C=O) groups is 2. The molecule has 0 spiro atoms. The second-order valence-corrected chi connectivity index (χ2v) is 9.57. The number of hydrogen-bond donors (Lipinski definition) is 1. The lowest BCUT2D eigenvalue weighted by molar-refractivity contribution is -0.140. The van der Waals surface area contributed by atoms with E-state index in [-0.39, 0.29) is 24.0 Å². The third kappa shape index (κ3) is 6.11. The lowest BCUT2D eigenvalue weighted by Gasteiger charge is -2.25. The predicted molar refractivity (Wildman–Crippen MR) is 143 cm³/mol. The molecule has 0 radical (unpaired) electrons. The molecule has 1 atom stereocenters. The van der Waals surface area contributed by atoms with Crippen molar-refractivity contribution < 1.29 is 28.6 Å². The van der Waals surface area contributed by atoms with Crippen molar-refractivity contribution in [3.63, 3.8) is 0 Å². The van der Waals surface area contributed by atoms with Crippen molar-refractivity contribution >= 4 is 17.4 Å². The van der Waals surface area contributed by atoms with Crippen molar-refractivity contribution in [1.29, 1.82) is 0 Å². The fraction of sp³-hybridized carbons (Fsp3) is 0.290. The van der Waals surface area contributed by atoms with Crippen LogP contribution in [0.15, 0.2) is 78.4 Å². The topological polar surface area (TPSA) is 76.1 Å². The number of hydrogen-bond acceptors (Lipinski definition) is 5. The molecule has 0 aromatic heterocycles. The molecule has 3 aromatic rings. The van der Waals surface area contributed by atoms with Gasteiger partial charge in [0.05, 0.1) is 17.7 Å². The van der Waals surface area contributed by atoms with E-state index in [2.05, 4.69) is 0 Å². The van der Waals surface area contributed by atoms with E-state index in [0.29, 0.717) is 36.5 Å². The standard InChI is InChI=1S/C31H32FNO5/c1-20(2)37-17-7-16-33-28(23-10-13-25(32)14-11-23)27(30(35)31(33)36)29(34)24-12-15-26(21(3)18-24)38-19-22-8-5-4-6-9-22/h4-6,8-15,18,20,28,34H,7,16-17,19H2,1-3H3/b29-27-. The number of halogens is 1. The Balaban J connectivity index is 1.65. The Labute approximate surface area is 222 Å². The molecule has 1 aliphatic heterocycles. The molecular formula is C31H32FNO5. The maximum Gasteiger partial charge on any atom is 0.295 e. The molecule has 1 heterocycles. The SMILES string of the molecule is Cc1cc(/C(O)=C2/C(=O)C(=O)N(CCCOC(C)C)C2c2ccc(F)cc2)ccc1OCc1ccccc1. The van der Waals surface area contributed by atoms with Gasteiger partial charge in [-0.2, -0.15) is 0 Å². The number of rotatable bonds is 10.